The monoisotopic (exact) mass is 180 g/mol. The Morgan fingerprint density at radius 3 is 3.23 bits per heavy atom. The van der Waals surface area contributed by atoms with E-state index in [0.29, 0.717) is 6.42 Å². The highest BCUT2D eigenvalue weighted by molar-refractivity contribution is 5.70. The van der Waals surface area contributed by atoms with Gasteiger partial charge in [-0.05, 0) is 24.8 Å². The maximum atomic E-state index is 10.7. The number of aliphatic carboxylic acids is 1. The molecule has 1 N–H and O–H groups in total. The highest BCUT2D eigenvalue weighted by Gasteiger charge is 2.25. The van der Waals surface area contributed by atoms with Crippen molar-refractivity contribution in [3.8, 4) is 0 Å². The summed E-state index contributed by atoms with van der Waals surface area (Å²) in [4.78, 5) is 10.7. The summed E-state index contributed by atoms with van der Waals surface area (Å²) >= 11 is 0. The predicted molar refractivity (Wildman–Crippen MR) is 46.4 cm³/mol. The van der Waals surface area contributed by atoms with Crippen LogP contribution >= 0.6 is 0 Å². The van der Waals surface area contributed by atoms with Gasteiger partial charge in [0, 0.05) is 13.2 Å². The van der Waals surface area contributed by atoms with Crippen LogP contribution in [0.25, 0.3) is 0 Å². The van der Waals surface area contributed by atoms with Gasteiger partial charge in [-0.1, -0.05) is 0 Å². The molecule has 0 bridgehead atoms. The zero-order chi connectivity index (χ0) is 9.42. The smallest absolute Gasteiger partial charge is 0.306 e. The number of hydrogen-bond donors (Lipinski definition) is 1. The molecule has 0 saturated heterocycles. The summed E-state index contributed by atoms with van der Waals surface area (Å²) in [7, 11) is 1.87. The minimum Gasteiger partial charge on any atom is -0.481 e. The predicted octanol–water partition coefficient (Wildman–Crippen LogP) is 0.610. The fourth-order valence-corrected chi connectivity index (χ4v) is 1.85. The molecule has 70 valence electrons. The molecule has 1 unspecified atom stereocenters. The zero-order valence-electron chi connectivity index (χ0n) is 7.53. The van der Waals surface area contributed by atoms with E-state index in [9.17, 15) is 4.79 Å². The SMILES string of the molecule is Cn1cc2c(n1)CCC(C(=O)O)C2. The van der Waals surface area contributed by atoms with Gasteiger partial charge >= 0.3 is 5.97 Å². The molecule has 1 heterocycles. The topological polar surface area (TPSA) is 55.1 Å². The molecule has 0 aromatic carbocycles. The van der Waals surface area contributed by atoms with Crippen LogP contribution in [-0.2, 0) is 24.7 Å². The molecule has 4 heteroatoms. The summed E-state index contributed by atoms with van der Waals surface area (Å²) in [6.45, 7) is 0. The average molecular weight is 180 g/mol. The van der Waals surface area contributed by atoms with Crippen molar-refractivity contribution in [3.05, 3.63) is 17.5 Å². The lowest BCUT2D eigenvalue weighted by molar-refractivity contribution is -0.142. The molecule has 1 atom stereocenters. The molecule has 0 spiro atoms. The van der Waals surface area contributed by atoms with E-state index < -0.39 is 5.97 Å². The standard InChI is InChI=1S/C9H12N2O2/c1-11-5-7-4-6(9(12)13)2-3-8(7)10-11/h5-6H,2-4H2,1H3,(H,12,13). The zero-order valence-corrected chi connectivity index (χ0v) is 7.53. The fraction of sp³-hybridized carbons (Fsp3) is 0.556. The summed E-state index contributed by atoms with van der Waals surface area (Å²) in [5, 5.41) is 13.1. The second kappa shape index (κ2) is 2.87. The van der Waals surface area contributed by atoms with Crippen LogP contribution in [-0.4, -0.2) is 20.9 Å². The highest BCUT2D eigenvalue weighted by Crippen LogP contribution is 2.24. The molecule has 0 radical (unpaired) electrons. The van der Waals surface area contributed by atoms with Crippen molar-refractivity contribution in [1.82, 2.24) is 9.78 Å². The molecule has 1 aromatic rings. The quantitative estimate of drug-likeness (QED) is 0.688. The van der Waals surface area contributed by atoms with Gasteiger partial charge in [-0.3, -0.25) is 9.48 Å². The minimum absolute atomic E-state index is 0.211. The van der Waals surface area contributed by atoms with Gasteiger partial charge < -0.3 is 5.11 Å². The normalized spacial score (nSPS) is 21.2. The maximum absolute atomic E-state index is 10.7. The van der Waals surface area contributed by atoms with Crippen molar-refractivity contribution >= 4 is 5.97 Å². The number of carboxylic acids is 1. The average Bonchev–Trinajstić information content (AvgIpc) is 2.42. The first-order chi connectivity index (χ1) is 6.16. The first kappa shape index (κ1) is 8.29. The summed E-state index contributed by atoms with van der Waals surface area (Å²) in [5.74, 6) is -0.897. The number of carboxylic acid groups (broad SMARTS) is 1. The van der Waals surface area contributed by atoms with Crippen LogP contribution in [0.2, 0.25) is 0 Å². The molecule has 2 rings (SSSR count). The Morgan fingerprint density at radius 2 is 2.54 bits per heavy atom. The Morgan fingerprint density at radius 1 is 1.77 bits per heavy atom. The molecule has 4 nitrogen and oxygen atoms in total. The number of rotatable bonds is 1. The lowest BCUT2D eigenvalue weighted by atomic mass is 9.88. The molecule has 1 aromatic heterocycles. The second-order valence-corrected chi connectivity index (χ2v) is 3.55. The number of fused-ring (bicyclic) bond motifs is 1. The van der Waals surface area contributed by atoms with E-state index in [4.69, 9.17) is 5.11 Å². The van der Waals surface area contributed by atoms with Crippen molar-refractivity contribution < 1.29 is 9.90 Å². The number of aryl methyl sites for hydroxylation is 2. The van der Waals surface area contributed by atoms with Crippen LogP contribution in [0.1, 0.15) is 17.7 Å². The molecule has 0 fully saturated rings. The maximum Gasteiger partial charge on any atom is 0.306 e. The number of carbonyl (C=O) groups is 1. The van der Waals surface area contributed by atoms with Gasteiger partial charge in [0.1, 0.15) is 0 Å². The van der Waals surface area contributed by atoms with Crippen molar-refractivity contribution in [3.63, 3.8) is 0 Å². The lowest BCUT2D eigenvalue weighted by Crippen LogP contribution is -2.21. The minimum atomic E-state index is -0.686. The van der Waals surface area contributed by atoms with E-state index in [1.54, 1.807) is 4.68 Å². The fourth-order valence-electron chi connectivity index (χ4n) is 1.85. The third-order valence-corrected chi connectivity index (χ3v) is 2.54. The van der Waals surface area contributed by atoms with E-state index in [-0.39, 0.29) is 5.92 Å². The summed E-state index contributed by atoms with van der Waals surface area (Å²) in [6, 6.07) is 0. The van der Waals surface area contributed by atoms with Gasteiger partial charge in [0.05, 0.1) is 11.6 Å². The van der Waals surface area contributed by atoms with E-state index in [2.05, 4.69) is 5.10 Å². The van der Waals surface area contributed by atoms with Crippen LogP contribution in [0.15, 0.2) is 6.20 Å². The van der Waals surface area contributed by atoms with Crippen LogP contribution in [0.3, 0.4) is 0 Å². The molecular formula is C9H12N2O2. The Labute approximate surface area is 76.2 Å². The molecule has 13 heavy (non-hydrogen) atoms. The van der Waals surface area contributed by atoms with Crippen LogP contribution < -0.4 is 0 Å². The van der Waals surface area contributed by atoms with Gasteiger partial charge in [-0.2, -0.15) is 5.10 Å². The number of hydrogen-bond acceptors (Lipinski definition) is 2. The first-order valence-corrected chi connectivity index (χ1v) is 4.41. The number of aromatic nitrogens is 2. The van der Waals surface area contributed by atoms with Crippen molar-refractivity contribution in [2.24, 2.45) is 13.0 Å². The lowest BCUT2D eigenvalue weighted by Gasteiger charge is -2.16. The third-order valence-electron chi connectivity index (χ3n) is 2.54. The van der Waals surface area contributed by atoms with E-state index in [1.165, 1.54) is 0 Å². The van der Waals surface area contributed by atoms with E-state index >= 15 is 0 Å². The molecule has 0 saturated carbocycles. The van der Waals surface area contributed by atoms with Gasteiger partial charge in [0.2, 0.25) is 0 Å². The Bertz CT molecular complexity index is 343. The highest BCUT2D eigenvalue weighted by atomic mass is 16.4. The molecule has 1 aliphatic carbocycles. The van der Waals surface area contributed by atoms with Gasteiger partial charge in [-0.25, -0.2) is 0 Å². The van der Waals surface area contributed by atoms with Crippen molar-refractivity contribution in [2.45, 2.75) is 19.3 Å². The Balaban J connectivity index is 2.24. The first-order valence-electron chi connectivity index (χ1n) is 4.41. The van der Waals surface area contributed by atoms with Crippen molar-refractivity contribution in [1.29, 1.82) is 0 Å². The summed E-state index contributed by atoms with van der Waals surface area (Å²) in [6.07, 6.45) is 4.08. The molecule has 1 aliphatic rings. The third kappa shape index (κ3) is 1.43. The van der Waals surface area contributed by atoms with E-state index in [0.717, 1.165) is 24.1 Å². The van der Waals surface area contributed by atoms with Gasteiger partial charge in [0.15, 0.2) is 0 Å². The van der Waals surface area contributed by atoms with Crippen LogP contribution in [0, 0.1) is 5.92 Å². The summed E-state index contributed by atoms with van der Waals surface area (Å²) < 4.78 is 1.76. The second-order valence-electron chi connectivity index (χ2n) is 3.55. The Hall–Kier alpha value is -1.32. The van der Waals surface area contributed by atoms with Gasteiger partial charge in [0.25, 0.3) is 0 Å². The summed E-state index contributed by atoms with van der Waals surface area (Å²) in [5.41, 5.74) is 2.17. The Kier molecular flexibility index (Phi) is 1.83. The van der Waals surface area contributed by atoms with Crippen LogP contribution in [0.5, 0.6) is 0 Å². The molecule has 0 aliphatic heterocycles. The van der Waals surface area contributed by atoms with Crippen LogP contribution in [0.4, 0.5) is 0 Å². The van der Waals surface area contributed by atoms with E-state index in [1.807, 2.05) is 13.2 Å². The molecule has 0 amide bonds. The largest absolute Gasteiger partial charge is 0.481 e. The molecular weight excluding hydrogens is 168 g/mol. The van der Waals surface area contributed by atoms with Gasteiger partial charge in [-0.15, -0.1) is 0 Å². The number of nitrogens with zero attached hydrogens (tertiary/aromatic N) is 2. The van der Waals surface area contributed by atoms with Crippen molar-refractivity contribution in [2.75, 3.05) is 0 Å².